The Morgan fingerprint density at radius 3 is 1.11 bits per heavy atom. The molecule has 0 aliphatic carbocycles. The lowest BCUT2D eigenvalue weighted by molar-refractivity contribution is -0.167. The predicted octanol–water partition coefficient (Wildman–Crippen LogP) is 15.3. The molecular formula is C51H88O6. The summed E-state index contributed by atoms with van der Waals surface area (Å²) in [6.07, 6.45) is 55.0. The molecule has 6 heteroatoms. The zero-order chi connectivity index (χ0) is 41.5. The highest BCUT2D eigenvalue weighted by Gasteiger charge is 2.19. The van der Waals surface area contributed by atoms with Gasteiger partial charge in [0.05, 0.1) is 0 Å². The lowest BCUT2D eigenvalue weighted by Crippen LogP contribution is -2.30. The van der Waals surface area contributed by atoms with Crippen LogP contribution >= 0.6 is 0 Å². The summed E-state index contributed by atoms with van der Waals surface area (Å²) in [5, 5.41) is 0. The first-order chi connectivity index (χ1) is 28.0. The molecule has 1 atom stereocenters. The average molecular weight is 797 g/mol. The molecule has 0 aromatic rings. The van der Waals surface area contributed by atoms with Crippen LogP contribution in [-0.4, -0.2) is 37.2 Å². The third-order valence-electron chi connectivity index (χ3n) is 10.0. The minimum atomic E-state index is -0.796. The van der Waals surface area contributed by atoms with E-state index in [1.807, 2.05) is 0 Å². The van der Waals surface area contributed by atoms with E-state index < -0.39 is 6.10 Å². The van der Waals surface area contributed by atoms with Crippen molar-refractivity contribution in [1.82, 2.24) is 0 Å². The van der Waals surface area contributed by atoms with E-state index in [1.165, 1.54) is 77.0 Å². The Kier molecular flexibility index (Phi) is 43.5. The molecule has 0 amide bonds. The Hall–Kier alpha value is -2.89. The van der Waals surface area contributed by atoms with E-state index in [9.17, 15) is 14.4 Å². The Bertz CT molecular complexity index is 1050. The van der Waals surface area contributed by atoms with Crippen LogP contribution in [0.25, 0.3) is 0 Å². The topological polar surface area (TPSA) is 78.9 Å². The molecule has 1 unspecified atom stereocenters. The number of ether oxygens (including phenoxy) is 3. The highest BCUT2D eigenvalue weighted by atomic mass is 16.6. The van der Waals surface area contributed by atoms with E-state index in [0.29, 0.717) is 19.3 Å². The molecule has 0 aliphatic heterocycles. The fourth-order valence-electron chi connectivity index (χ4n) is 6.49. The van der Waals surface area contributed by atoms with Crippen molar-refractivity contribution in [3.05, 3.63) is 60.8 Å². The molecule has 0 spiro atoms. The van der Waals surface area contributed by atoms with E-state index in [1.54, 1.807) is 0 Å². The molecular weight excluding hydrogens is 709 g/mol. The van der Waals surface area contributed by atoms with E-state index in [2.05, 4.69) is 81.5 Å². The Balaban J connectivity index is 4.41. The second-order valence-corrected chi connectivity index (χ2v) is 15.6. The third-order valence-corrected chi connectivity index (χ3v) is 10.0. The van der Waals surface area contributed by atoms with Gasteiger partial charge in [-0.05, 0) is 77.0 Å². The maximum atomic E-state index is 12.7. The summed E-state index contributed by atoms with van der Waals surface area (Å²) in [5.41, 5.74) is 0. The van der Waals surface area contributed by atoms with Crippen molar-refractivity contribution in [2.75, 3.05) is 13.2 Å². The number of carbonyl (C=O) groups excluding carboxylic acids is 3. The van der Waals surface area contributed by atoms with Crippen LogP contribution in [0.2, 0.25) is 0 Å². The first-order valence-electron chi connectivity index (χ1n) is 23.8. The van der Waals surface area contributed by atoms with Gasteiger partial charge in [0.25, 0.3) is 0 Å². The Morgan fingerprint density at radius 1 is 0.368 bits per heavy atom. The first-order valence-corrected chi connectivity index (χ1v) is 23.8. The van der Waals surface area contributed by atoms with Gasteiger partial charge in [-0.1, -0.05) is 191 Å². The van der Waals surface area contributed by atoms with Crippen molar-refractivity contribution in [3.8, 4) is 0 Å². The molecule has 0 bridgehead atoms. The van der Waals surface area contributed by atoms with Gasteiger partial charge in [-0.25, -0.2) is 0 Å². The van der Waals surface area contributed by atoms with Crippen LogP contribution < -0.4 is 0 Å². The fraction of sp³-hybridized carbons (Fsp3) is 0.745. The molecule has 0 heterocycles. The van der Waals surface area contributed by atoms with Crippen molar-refractivity contribution in [3.63, 3.8) is 0 Å². The minimum Gasteiger partial charge on any atom is -0.462 e. The van der Waals surface area contributed by atoms with Crippen LogP contribution in [0.3, 0.4) is 0 Å². The largest absolute Gasteiger partial charge is 0.462 e. The summed E-state index contributed by atoms with van der Waals surface area (Å²) in [4.78, 5) is 37.8. The van der Waals surface area contributed by atoms with Gasteiger partial charge in [0.1, 0.15) is 13.2 Å². The number of rotatable bonds is 42. The van der Waals surface area contributed by atoms with Crippen molar-refractivity contribution < 1.29 is 28.6 Å². The molecule has 6 nitrogen and oxygen atoms in total. The summed E-state index contributed by atoms with van der Waals surface area (Å²) < 4.78 is 16.7. The highest BCUT2D eigenvalue weighted by Crippen LogP contribution is 2.15. The second-order valence-electron chi connectivity index (χ2n) is 15.6. The SMILES string of the molecule is CC/C=C\C/C=C\C/C=C\CCCCC(=O)OC(COC(=O)CCCCCCC/C=C\C/C=C\CC)COC(=O)CCCCCCCCCCCCCCCCC. The smallest absolute Gasteiger partial charge is 0.306 e. The van der Waals surface area contributed by atoms with E-state index in [-0.39, 0.29) is 37.5 Å². The number of unbranched alkanes of at least 4 members (excludes halogenated alkanes) is 21. The maximum absolute atomic E-state index is 12.7. The summed E-state index contributed by atoms with van der Waals surface area (Å²) in [6.45, 7) is 6.36. The number of esters is 3. The monoisotopic (exact) mass is 797 g/mol. The zero-order valence-corrected chi connectivity index (χ0v) is 37.3. The summed E-state index contributed by atoms with van der Waals surface area (Å²) in [7, 11) is 0. The van der Waals surface area contributed by atoms with Crippen LogP contribution in [0.5, 0.6) is 0 Å². The van der Waals surface area contributed by atoms with Crippen molar-refractivity contribution in [1.29, 1.82) is 0 Å². The van der Waals surface area contributed by atoms with E-state index >= 15 is 0 Å². The molecule has 0 aromatic heterocycles. The second kappa shape index (κ2) is 45.8. The van der Waals surface area contributed by atoms with Crippen LogP contribution in [0.1, 0.15) is 226 Å². The molecule has 0 saturated heterocycles. The summed E-state index contributed by atoms with van der Waals surface area (Å²) >= 11 is 0. The predicted molar refractivity (Wildman–Crippen MR) is 242 cm³/mol. The van der Waals surface area contributed by atoms with Gasteiger partial charge in [-0.2, -0.15) is 0 Å². The molecule has 0 N–H and O–H groups in total. The zero-order valence-electron chi connectivity index (χ0n) is 37.3. The Labute approximate surface area is 351 Å². The van der Waals surface area contributed by atoms with Crippen LogP contribution in [0, 0.1) is 0 Å². The van der Waals surface area contributed by atoms with Crippen LogP contribution in [-0.2, 0) is 28.6 Å². The molecule has 0 saturated carbocycles. The van der Waals surface area contributed by atoms with Gasteiger partial charge in [-0.15, -0.1) is 0 Å². The third kappa shape index (κ3) is 44.1. The standard InChI is InChI=1S/C51H88O6/c1-4-7-10-13-16-19-22-25-26-27-30-32-35-38-41-44-50(53)56-47-48(57-51(54)45-42-39-36-33-29-24-21-18-15-12-9-6-3)46-55-49(52)43-40-37-34-31-28-23-20-17-14-11-8-5-2/h8-9,11-12,17-18,20-21,29,33,48H,4-7,10,13-16,19,22-28,30-32,34-47H2,1-3H3/b11-8-,12-9-,20-17-,21-18-,33-29-. The number of allylic oxidation sites excluding steroid dienone is 10. The van der Waals surface area contributed by atoms with Gasteiger partial charge in [0, 0.05) is 19.3 Å². The van der Waals surface area contributed by atoms with Crippen molar-refractivity contribution in [2.45, 2.75) is 232 Å². The Morgan fingerprint density at radius 2 is 0.684 bits per heavy atom. The first kappa shape index (κ1) is 54.1. The number of carbonyl (C=O) groups is 3. The molecule has 0 radical (unpaired) electrons. The van der Waals surface area contributed by atoms with Crippen LogP contribution in [0.15, 0.2) is 60.8 Å². The average Bonchev–Trinajstić information content (AvgIpc) is 3.21. The number of hydrogen-bond donors (Lipinski definition) is 0. The molecule has 0 rings (SSSR count). The normalized spacial score (nSPS) is 12.5. The lowest BCUT2D eigenvalue weighted by atomic mass is 10.0. The maximum Gasteiger partial charge on any atom is 0.306 e. The van der Waals surface area contributed by atoms with Crippen molar-refractivity contribution in [2.24, 2.45) is 0 Å². The molecule has 0 fully saturated rings. The van der Waals surface area contributed by atoms with Gasteiger partial charge in [0.2, 0.25) is 0 Å². The van der Waals surface area contributed by atoms with Crippen molar-refractivity contribution >= 4 is 17.9 Å². The molecule has 57 heavy (non-hydrogen) atoms. The van der Waals surface area contributed by atoms with Gasteiger partial charge in [0.15, 0.2) is 6.10 Å². The van der Waals surface area contributed by atoms with Gasteiger partial charge in [-0.3, -0.25) is 14.4 Å². The number of hydrogen-bond acceptors (Lipinski definition) is 6. The van der Waals surface area contributed by atoms with E-state index in [0.717, 1.165) is 103 Å². The molecule has 0 aromatic carbocycles. The van der Waals surface area contributed by atoms with E-state index in [4.69, 9.17) is 14.2 Å². The summed E-state index contributed by atoms with van der Waals surface area (Å²) in [6, 6.07) is 0. The molecule has 0 aliphatic rings. The highest BCUT2D eigenvalue weighted by molar-refractivity contribution is 5.71. The summed E-state index contributed by atoms with van der Waals surface area (Å²) in [5.74, 6) is -0.948. The van der Waals surface area contributed by atoms with Gasteiger partial charge < -0.3 is 14.2 Å². The van der Waals surface area contributed by atoms with Gasteiger partial charge >= 0.3 is 17.9 Å². The molecule has 328 valence electrons. The van der Waals surface area contributed by atoms with Crippen LogP contribution in [0.4, 0.5) is 0 Å². The minimum absolute atomic E-state index is 0.0928. The fourth-order valence-corrected chi connectivity index (χ4v) is 6.49. The quantitative estimate of drug-likeness (QED) is 0.0265. The lowest BCUT2D eigenvalue weighted by Gasteiger charge is -2.18.